The van der Waals surface area contributed by atoms with Gasteiger partial charge in [-0.1, -0.05) is 11.6 Å². The number of carbonyl (C=O) groups is 1. The van der Waals surface area contributed by atoms with Gasteiger partial charge < -0.3 is 10.2 Å². The second-order valence-electron chi connectivity index (χ2n) is 3.66. The lowest BCUT2D eigenvalue weighted by Crippen LogP contribution is -2.52. The van der Waals surface area contributed by atoms with Crippen LogP contribution in [0.3, 0.4) is 0 Å². The number of hydrogen-bond donors (Lipinski definition) is 1. The van der Waals surface area contributed by atoms with E-state index in [0.717, 1.165) is 24.5 Å². The molecule has 2 heterocycles. The number of rotatable bonds is 1. The Balaban J connectivity index is 0.00000128. The Morgan fingerprint density at radius 3 is 2.94 bits per heavy atom. The summed E-state index contributed by atoms with van der Waals surface area (Å²) in [6.07, 6.45) is 0. The molecule has 1 N–H and O–H groups in total. The summed E-state index contributed by atoms with van der Waals surface area (Å²) in [4.78, 5) is 14.7. The molecule has 1 unspecified atom stereocenters. The first kappa shape index (κ1) is 13.8. The van der Waals surface area contributed by atoms with Gasteiger partial charge in [0.1, 0.15) is 0 Å². The van der Waals surface area contributed by atoms with E-state index in [1.165, 1.54) is 11.3 Å². The number of hydrogen-bond acceptors (Lipinski definition) is 3. The molecule has 0 aromatic carbocycles. The van der Waals surface area contributed by atoms with Gasteiger partial charge in [-0.25, -0.2) is 0 Å². The van der Waals surface area contributed by atoms with Crippen molar-refractivity contribution in [3.05, 3.63) is 21.3 Å². The molecule has 1 amide bonds. The Morgan fingerprint density at radius 2 is 2.38 bits per heavy atom. The number of carbonyl (C=O) groups excluding carboxylic acids is 1. The Bertz CT molecular complexity index is 369. The molecule has 0 bridgehead atoms. The summed E-state index contributed by atoms with van der Waals surface area (Å²) in [6, 6.07) is 3.82. The molecule has 1 aliphatic heterocycles. The Kier molecular flexibility index (Phi) is 5.05. The molecule has 0 saturated carbocycles. The lowest BCUT2D eigenvalue weighted by atomic mass is 10.2. The standard InChI is InChI=1S/C10H13ClN2OS.ClH/c1-7-6-12-4-5-13(7)10(14)8-2-3-9(11)15-8;/h2-3,7,12H,4-6H2,1H3;1H. The molecule has 1 saturated heterocycles. The van der Waals surface area contributed by atoms with Crippen molar-refractivity contribution in [3.8, 4) is 0 Å². The SMILES string of the molecule is CC1CNCCN1C(=O)c1ccc(Cl)s1.Cl. The monoisotopic (exact) mass is 280 g/mol. The van der Waals surface area contributed by atoms with Gasteiger partial charge in [-0.3, -0.25) is 4.79 Å². The molecule has 6 heteroatoms. The van der Waals surface area contributed by atoms with Crippen LogP contribution in [0.2, 0.25) is 4.34 Å². The Labute approximate surface area is 110 Å². The van der Waals surface area contributed by atoms with Crippen molar-refractivity contribution in [2.45, 2.75) is 13.0 Å². The molecule has 1 atom stereocenters. The molecule has 1 aromatic heterocycles. The fourth-order valence-corrected chi connectivity index (χ4v) is 2.71. The molecule has 0 spiro atoms. The van der Waals surface area contributed by atoms with Crippen LogP contribution in [0.5, 0.6) is 0 Å². The first-order chi connectivity index (χ1) is 7.18. The summed E-state index contributed by atoms with van der Waals surface area (Å²) >= 11 is 7.16. The number of piperazine rings is 1. The van der Waals surface area contributed by atoms with Crippen LogP contribution in [0.4, 0.5) is 0 Å². The van der Waals surface area contributed by atoms with E-state index >= 15 is 0 Å². The predicted octanol–water partition coefficient (Wildman–Crippen LogP) is 2.26. The minimum atomic E-state index is 0. The van der Waals surface area contributed by atoms with Gasteiger partial charge in [0.25, 0.3) is 5.91 Å². The topological polar surface area (TPSA) is 32.3 Å². The minimum absolute atomic E-state index is 0. The van der Waals surface area contributed by atoms with Crippen molar-refractivity contribution in [2.24, 2.45) is 0 Å². The van der Waals surface area contributed by atoms with Gasteiger partial charge in [0.15, 0.2) is 0 Å². The first-order valence-electron chi connectivity index (χ1n) is 4.95. The van der Waals surface area contributed by atoms with E-state index in [2.05, 4.69) is 12.2 Å². The van der Waals surface area contributed by atoms with Crippen molar-refractivity contribution in [1.82, 2.24) is 10.2 Å². The van der Waals surface area contributed by atoms with Crippen LogP contribution in [-0.4, -0.2) is 36.5 Å². The molecule has 1 fully saturated rings. The Hall–Kier alpha value is -0.290. The summed E-state index contributed by atoms with van der Waals surface area (Å²) in [5.74, 6) is 0.0981. The summed E-state index contributed by atoms with van der Waals surface area (Å²) in [6.45, 7) is 4.56. The smallest absolute Gasteiger partial charge is 0.264 e. The number of nitrogens with zero attached hydrogens (tertiary/aromatic N) is 1. The zero-order valence-corrected chi connectivity index (χ0v) is 11.3. The summed E-state index contributed by atoms with van der Waals surface area (Å²) in [5.41, 5.74) is 0. The second-order valence-corrected chi connectivity index (χ2v) is 5.37. The molecule has 0 radical (unpaired) electrons. The highest BCUT2D eigenvalue weighted by Gasteiger charge is 2.24. The lowest BCUT2D eigenvalue weighted by Gasteiger charge is -2.33. The van der Waals surface area contributed by atoms with E-state index in [-0.39, 0.29) is 24.4 Å². The normalized spacial score (nSPS) is 20.4. The molecule has 2 rings (SSSR count). The maximum absolute atomic E-state index is 12.1. The van der Waals surface area contributed by atoms with Gasteiger partial charge in [-0.15, -0.1) is 23.7 Å². The van der Waals surface area contributed by atoms with Crippen LogP contribution in [0.25, 0.3) is 0 Å². The molecule has 1 aromatic rings. The van der Waals surface area contributed by atoms with E-state index in [1.807, 2.05) is 4.90 Å². The van der Waals surface area contributed by atoms with Gasteiger partial charge in [0.2, 0.25) is 0 Å². The molecule has 90 valence electrons. The van der Waals surface area contributed by atoms with Crippen LogP contribution >= 0.6 is 35.3 Å². The maximum atomic E-state index is 12.1. The molecule has 16 heavy (non-hydrogen) atoms. The van der Waals surface area contributed by atoms with Crippen molar-refractivity contribution < 1.29 is 4.79 Å². The lowest BCUT2D eigenvalue weighted by molar-refractivity contribution is 0.0661. The van der Waals surface area contributed by atoms with Crippen molar-refractivity contribution >= 4 is 41.3 Å². The fraction of sp³-hybridized carbons (Fsp3) is 0.500. The highest BCUT2D eigenvalue weighted by atomic mass is 35.5. The zero-order chi connectivity index (χ0) is 10.8. The van der Waals surface area contributed by atoms with Crippen molar-refractivity contribution in [1.29, 1.82) is 0 Å². The van der Waals surface area contributed by atoms with Gasteiger partial charge >= 0.3 is 0 Å². The fourth-order valence-electron chi connectivity index (χ4n) is 1.71. The van der Waals surface area contributed by atoms with Crippen molar-refractivity contribution in [2.75, 3.05) is 19.6 Å². The molecule has 3 nitrogen and oxygen atoms in total. The zero-order valence-electron chi connectivity index (χ0n) is 8.90. The average Bonchev–Trinajstić information content (AvgIpc) is 2.65. The largest absolute Gasteiger partial charge is 0.333 e. The highest BCUT2D eigenvalue weighted by molar-refractivity contribution is 7.17. The van der Waals surface area contributed by atoms with Crippen LogP contribution in [0.15, 0.2) is 12.1 Å². The molecular weight excluding hydrogens is 267 g/mol. The molecule has 0 aliphatic carbocycles. The molecule has 1 aliphatic rings. The number of amides is 1. The second kappa shape index (κ2) is 5.87. The van der Waals surface area contributed by atoms with E-state index in [4.69, 9.17) is 11.6 Å². The van der Waals surface area contributed by atoms with Crippen LogP contribution < -0.4 is 5.32 Å². The van der Waals surface area contributed by atoms with Crippen LogP contribution in [0.1, 0.15) is 16.6 Å². The van der Waals surface area contributed by atoms with Gasteiger partial charge in [-0.2, -0.15) is 0 Å². The summed E-state index contributed by atoms with van der Waals surface area (Å²) in [5, 5.41) is 3.26. The highest BCUT2D eigenvalue weighted by Crippen LogP contribution is 2.23. The predicted molar refractivity (Wildman–Crippen MR) is 69.9 cm³/mol. The van der Waals surface area contributed by atoms with Crippen LogP contribution in [-0.2, 0) is 0 Å². The van der Waals surface area contributed by atoms with E-state index in [9.17, 15) is 4.79 Å². The number of halogens is 2. The first-order valence-corrected chi connectivity index (χ1v) is 6.15. The minimum Gasteiger partial charge on any atom is -0.333 e. The summed E-state index contributed by atoms with van der Waals surface area (Å²) < 4.78 is 0.668. The van der Waals surface area contributed by atoms with Gasteiger partial charge in [-0.05, 0) is 19.1 Å². The third-order valence-corrected chi connectivity index (χ3v) is 3.77. The maximum Gasteiger partial charge on any atom is 0.264 e. The van der Waals surface area contributed by atoms with Gasteiger partial charge in [0, 0.05) is 25.7 Å². The van der Waals surface area contributed by atoms with E-state index < -0.39 is 0 Å². The molecular formula is C10H14Cl2N2OS. The quantitative estimate of drug-likeness (QED) is 0.856. The number of thiophene rings is 1. The van der Waals surface area contributed by atoms with E-state index in [1.54, 1.807) is 12.1 Å². The van der Waals surface area contributed by atoms with Crippen molar-refractivity contribution in [3.63, 3.8) is 0 Å². The van der Waals surface area contributed by atoms with Gasteiger partial charge in [0.05, 0.1) is 9.21 Å². The van der Waals surface area contributed by atoms with E-state index in [0.29, 0.717) is 4.34 Å². The third-order valence-electron chi connectivity index (χ3n) is 2.55. The van der Waals surface area contributed by atoms with Crippen LogP contribution in [0, 0.1) is 0 Å². The summed E-state index contributed by atoms with van der Waals surface area (Å²) in [7, 11) is 0. The number of nitrogens with one attached hydrogen (secondary N) is 1. The Morgan fingerprint density at radius 1 is 1.62 bits per heavy atom. The third kappa shape index (κ3) is 2.88. The average molecular weight is 281 g/mol.